The molecule has 0 unspecified atom stereocenters. The van der Waals surface area contributed by atoms with Crippen LogP contribution in [0.3, 0.4) is 0 Å². The topological polar surface area (TPSA) is 69.7 Å². The second-order valence-corrected chi connectivity index (χ2v) is 8.08. The van der Waals surface area contributed by atoms with Crippen molar-refractivity contribution >= 4 is 16.8 Å². The number of ether oxygens (including phenoxy) is 3. The summed E-state index contributed by atoms with van der Waals surface area (Å²) < 4.78 is 30.4. The van der Waals surface area contributed by atoms with Gasteiger partial charge in [-0.1, -0.05) is 24.3 Å². The first-order valence-corrected chi connectivity index (χ1v) is 10.9. The number of nitrogens with one attached hydrogen (secondary N) is 1. The number of rotatable bonds is 7. The number of pyridine rings is 1. The third kappa shape index (κ3) is 4.01. The maximum atomic E-state index is 13.3. The largest absolute Gasteiger partial charge is 0.497 e. The van der Waals surface area contributed by atoms with Crippen molar-refractivity contribution in [2.24, 2.45) is 0 Å². The normalized spacial score (nSPS) is 12.4. The first-order chi connectivity index (χ1) is 16.6. The fourth-order valence-corrected chi connectivity index (χ4v) is 4.25. The lowest BCUT2D eigenvalue weighted by Crippen LogP contribution is -2.13. The van der Waals surface area contributed by atoms with Crippen LogP contribution in [0.1, 0.15) is 32.6 Å². The van der Waals surface area contributed by atoms with Crippen molar-refractivity contribution in [2.75, 3.05) is 14.2 Å². The molecule has 0 bridgehead atoms. The van der Waals surface area contributed by atoms with Crippen LogP contribution in [0.2, 0.25) is 0 Å². The Balaban J connectivity index is 1.56. The van der Waals surface area contributed by atoms with Gasteiger partial charge in [-0.25, -0.2) is 4.39 Å². The molecule has 34 heavy (non-hydrogen) atoms. The summed E-state index contributed by atoms with van der Waals surface area (Å²) >= 11 is 0. The van der Waals surface area contributed by atoms with Crippen molar-refractivity contribution in [3.63, 3.8) is 0 Å². The molecular formula is C27H23FN2O4. The number of carbonyl (C=O) groups is 1. The molecule has 0 aliphatic carbocycles. The van der Waals surface area contributed by atoms with E-state index < -0.39 is 0 Å². The van der Waals surface area contributed by atoms with E-state index in [9.17, 15) is 9.18 Å². The molecule has 1 aliphatic rings. The van der Waals surface area contributed by atoms with Crippen molar-refractivity contribution in [3.05, 3.63) is 94.4 Å². The van der Waals surface area contributed by atoms with Crippen molar-refractivity contribution in [1.82, 2.24) is 10.3 Å². The molecule has 0 fully saturated rings. The summed E-state index contributed by atoms with van der Waals surface area (Å²) in [6.45, 7) is 0.624. The number of carbonyl (C=O) groups excluding carboxylic acids is 1. The number of hydrogen-bond donors (Lipinski definition) is 1. The Labute approximate surface area is 196 Å². The molecule has 1 aliphatic heterocycles. The van der Waals surface area contributed by atoms with Gasteiger partial charge in [-0.2, -0.15) is 0 Å². The smallest absolute Gasteiger partial charge is 0.255 e. The third-order valence-corrected chi connectivity index (χ3v) is 5.93. The van der Waals surface area contributed by atoms with E-state index in [0.29, 0.717) is 35.5 Å². The summed E-state index contributed by atoms with van der Waals surface area (Å²) in [6, 6.07) is 16.0. The Morgan fingerprint density at radius 2 is 1.68 bits per heavy atom. The second kappa shape index (κ2) is 9.02. The Hall–Kier alpha value is -4.13. The maximum absolute atomic E-state index is 13.3. The number of benzene rings is 3. The van der Waals surface area contributed by atoms with Crippen LogP contribution in [0.5, 0.6) is 17.2 Å². The molecule has 3 aromatic carbocycles. The van der Waals surface area contributed by atoms with Crippen LogP contribution < -0.4 is 19.5 Å². The van der Waals surface area contributed by atoms with Gasteiger partial charge in [0.15, 0.2) is 5.75 Å². The van der Waals surface area contributed by atoms with Gasteiger partial charge in [0, 0.05) is 23.7 Å². The molecule has 5 rings (SSSR count). The van der Waals surface area contributed by atoms with E-state index in [2.05, 4.69) is 10.3 Å². The number of hydrogen-bond acceptors (Lipinski definition) is 5. The van der Waals surface area contributed by atoms with Crippen LogP contribution in [0.25, 0.3) is 10.9 Å². The predicted octanol–water partition coefficient (Wildman–Crippen LogP) is 4.80. The first kappa shape index (κ1) is 21.7. The van der Waals surface area contributed by atoms with Gasteiger partial charge in [0.1, 0.15) is 29.4 Å². The number of nitrogens with zero attached hydrogens (tertiary/aromatic N) is 1. The summed E-state index contributed by atoms with van der Waals surface area (Å²) in [4.78, 5) is 17.4. The average molecular weight is 458 g/mol. The van der Waals surface area contributed by atoms with E-state index in [0.717, 1.165) is 33.4 Å². The Kier molecular flexibility index (Phi) is 5.76. The van der Waals surface area contributed by atoms with E-state index in [1.165, 1.54) is 12.1 Å². The van der Waals surface area contributed by atoms with Crippen LogP contribution in [0.15, 0.2) is 60.8 Å². The minimum Gasteiger partial charge on any atom is -0.497 e. The standard InChI is InChI=1S/C27H23FN2O4/c1-32-20-9-5-17(6-10-20)15-34-26-23-22(14-30-27(23)31)25(33-2)21-12-18(13-29-24(21)26)11-16-3-7-19(28)8-4-16/h3-10,12-13H,11,14-15H2,1-2H3,(H,30,31). The summed E-state index contributed by atoms with van der Waals surface area (Å²) in [5.41, 5.74) is 4.61. The molecule has 2 heterocycles. The molecule has 0 saturated carbocycles. The van der Waals surface area contributed by atoms with Gasteiger partial charge in [-0.3, -0.25) is 9.78 Å². The second-order valence-electron chi connectivity index (χ2n) is 8.08. The third-order valence-electron chi connectivity index (χ3n) is 5.93. The van der Waals surface area contributed by atoms with Crippen molar-refractivity contribution < 1.29 is 23.4 Å². The summed E-state index contributed by atoms with van der Waals surface area (Å²) in [5.74, 6) is 1.32. The Morgan fingerprint density at radius 1 is 0.941 bits per heavy atom. The molecule has 4 aromatic rings. The van der Waals surface area contributed by atoms with Crippen LogP contribution in [-0.2, 0) is 19.6 Å². The molecule has 172 valence electrons. The summed E-state index contributed by atoms with van der Waals surface area (Å²) in [7, 11) is 3.20. The van der Waals surface area contributed by atoms with Crippen LogP contribution in [-0.4, -0.2) is 25.1 Å². The van der Waals surface area contributed by atoms with E-state index in [4.69, 9.17) is 14.2 Å². The molecule has 0 saturated heterocycles. The summed E-state index contributed by atoms with van der Waals surface area (Å²) in [5, 5.41) is 3.63. The fraction of sp³-hybridized carbons (Fsp3) is 0.185. The highest BCUT2D eigenvalue weighted by atomic mass is 19.1. The highest BCUT2D eigenvalue weighted by molar-refractivity contribution is 6.09. The Morgan fingerprint density at radius 3 is 2.38 bits per heavy atom. The molecule has 6 nitrogen and oxygen atoms in total. The number of methoxy groups -OCH3 is 2. The van der Waals surface area contributed by atoms with Gasteiger partial charge >= 0.3 is 0 Å². The number of aromatic nitrogens is 1. The minimum atomic E-state index is -0.270. The zero-order valence-electron chi connectivity index (χ0n) is 18.9. The van der Waals surface area contributed by atoms with E-state index >= 15 is 0 Å². The summed E-state index contributed by atoms with van der Waals surface area (Å²) in [6.07, 6.45) is 2.34. The highest BCUT2D eigenvalue weighted by Crippen LogP contribution is 2.42. The SMILES string of the molecule is COc1ccc(COc2c3c(c(OC)c4cc(Cc5ccc(F)cc5)cnc24)CNC3=O)cc1. The minimum absolute atomic E-state index is 0.211. The van der Waals surface area contributed by atoms with Gasteiger partial charge in [0.2, 0.25) is 0 Å². The van der Waals surface area contributed by atoms with Crippen molar-refractivity contribution in [2.45, 2.75) is 19.6 Å². The van der Waals surface area contributed by atoms with Gasteiger partial charge in [-0.05, 0) is 53.4 Å². The lowest BCUT2D eigenvalue weighted by molar-refractivity contribution is 0.0962. The monoisotopic (exact) mass is 458 g/mol. The quantitative estimate of drug-likeness (QED) is 0.431. The molecule has 1 aromatic heterocycles. The van der Waals surface area contributed by atoms with Gasteiger partial charge in [0.05, 0.1) is 19.8 Å². The average Bonchev–Trinajstić information content (AvgIpc) is 3.24. The highest BCUT2D eigenvalue weighted by Gasteiger charge is 2.31. The van der Waals surface area contributed by atoms with Crippen molar-refractivity contribution in [1.29, 1.82) is 0 Å². The number of amides is 1. The molecule has 0 radical (unpaired) electrons. The zero-order valence-corrected chi connectivity index (χ0v) is 18.9. The van der Waals surface area contributed by atoms with Gasteiger partial charge < -0.3 is 19.5 Å². The van der Waals surface area contributed by atoms with Gasteiger partial charge in [-0.15, -0.1) is 0 Å². The van der Waals surface area contributed by atoms with E-state index in [1.807, 2.05) is 30.3 Å². The molecule has 1 amide bonds. The zero-order chi connectivity index (χ0) is 23.7. The number of halogens is 1. The van der Waals surface area contributed by atoms with Crippen LogP contribution in [0, 0.1) is 5.82 Å². The van der Waals surface area contributed by atoms with E-state index in [1.54, 1.807) is 32.5 Å². The van der Waals surface area contributed by atoms with Crippen LogP contribution in [0.4, 0.5) is 4.39 Å². The maximum Gasteiger partial charge on any atom is 0.255 e. The van der Waals surface area contributed by atoms with Crippen LogP contribution >= 0.6 is 0 Å². The molecule has 0 atom stereocenters. The van der Waals surface area contributed by atoms with Gasteiger partial charge in [0.25, 0.3) is 5.91 Å². The molecule has 0 spiro atoms. The lowest BCUT2D eigenvalue weighted by atomic mass is 9.99. The number of fused-ring (bicyclic) bond motifs is 2. The molecule has 7 heteroatoms. The molecular weight excluding hydrogens is 435 g/mol. The lowest BCUT2D eigenvalue weighted by Gasteiger charge is -2.17. The molecule has 1 N–H and O–H groups in total. The van der Waals surface area contributed by atoms with Crippen molar-refractivity contribution in [3.8, 4) is 17.2 Å². The van der Waals surface area contributed by atoms with E-state index in [-0.39, 0.29) is 18.3 Å². The first-order valence-electron chi connectivity index (χ1n) is 10.9. The Bertz CT molecular complexity index is 1370. The predicted molar refractivity (Wildman–Crippen MR) is 126 cm³/mol. The fourth-order valence-electron chi connectivity index (χ4n) is 4.25.